The zero-order valence-electron chi connectivity index (χ0n) is 8.14. The Balaban J connectivity index is 2.73. The van der Waals surface area contributed by atoms with Crippen LogP contribution in [-0.2, 0) is 9.53 Å². The lowest BCUT2D eigenvalue weighted by Crippen LogP contribution is -2.26. The third kappa shape index (κ3) is 3.26. The summed E-state index contributed by atoms with van der Waals surface area (Å²) in [4.78, 5) is 26.8. The number of hydrogen-bond acceptors (Lipinski definition) is 4. The molecular weight excluding hydrogens is 309 g/mol. The molecule has 1 heterocycles. The molecule has 0 amide bonds. The molecule has 0 saturated heterocycles. The van der Waals surface area contributed by atoms with Crippen LogP contribution in [0.3, 0.4) is 0 Å². The van der Waals surface area contributed by atoms with Gasteiger partial charge in [-0.2, -0.15) is 0 Å². The summed E-state index contributed by atoms with van der Waals surface area (Å²) in [6, 6.07) is 4.99. The molecule has 5 heteroatoms. The maximum Gasteiger partial charge on any atom is 0.326 e. The Morgan fingerprint density at radius 1 is 1.53 bits per heavy atom. The molecule has 0 saturated carbocycles. The maximum absolute atomic E-state index is 11.7. The van der Waals surface area contributed by atoms with Gasteiger partial charge in [0.25, 0.3) is 0 Å². The largest absolute Gasteiger partial charge is 0.465 e. The van der Waals surface area contributed by atoms with E-state index in [9.17, 15) is 9.59 Å². The molecule has 0 fully saturated rings. The van der Waals surface area contributed by atoms with Crippen LogP contribution in [0.4, 0.5) is 0 Å². The monoisotopic (exact) mass is 319 g/mol. The number of hydrogen-bond donors (Lipinski definition) is 0. The first-order chi connectivity index (χ1) is 7.16. The first-order valence-corrected chi connectivity index (χ1v) is 5.67. The Labute approximate surface area is 101 Å². The van der Waals surface area contributed by atoms with Crippen molar-refractivity contribution in [2.24, 2.45) is 0 Å². The molecule has 1 aromatic rings. The zero-order valence-corrected chi connectivity index (χ0v) is 10.3. The van der Waals surface area contributed by atoms with Crippen molar-refractivity contribution in [2.45, 2.75) is 10.8 Å². The maximum atomic E-state index is 11.7. The minimum Gasteiger partial charge on any atom is -0.465 e. The fourth-order valence-corrected chi connectivity index (χ4v) is 1.46. The highest BCUT2D eigenvalue weighted by atomic mass is 127. The van der Waals surface area contributed by atoms with Crippen LogP contribution in [0.1, 0.15) is 17.4 Å². The first-order valence-electron chi connectivity index (χ1n) is 4.42. The van der Waals surface area contributed by atoms with Crippen LogP contribution in [0.25, 0.3) is 0 Å². The van der Waals surface area contributed by atoms with E-state index in [0.717, 1.165) is 0 Å². The van der Waals surface area contributed by atoms with Gasteiger partial charge in [0.05, 0.1) is 6.61 Å². The van der Waals surface area contributed by atoms with Crippen molar-refractivity contribution in [3.05, 3.63) is 30.1 Å². The van der Waals surface area contributed by atoms with Crippen LogP contribution >= 0.6 is 22.6 Å². The summed E-state index contributed by atoms with van der Waals surface area (Å²) >= 11 is 1.76. The minimum absolute atomic E-state index is 0.272. The Hall–Kier alpha value is -0.980. The lowest BCUT2D eigenvalue weighted by Gasteiger charge is -2.06. The van der Waals surface area contributed by atoms with Gasteiger partial charge in [0.2, 0.25) is 5.78 Å². The molecule has 0 aliphatic heterocycles. The van der Waals surface area contributed by atoms with Gasteiger partial charge in [0.15, 0.2) is 3.92 Å². The highest BCUT2D eigenvalue weighted by Crippen LogP contribution is 2.10. The molecule has 0 spiro atoms. The quantitative estimate of drug-likeness (QED) is 0.278. The standard InChI is InChI=1S/C10H10INO3/c1-2-15-10(14)8(11)9(13)7-5-3-4-6-12-7/h3-6,8H,2H2,1H3. The fourth-order valence-electron chi connectivity index (χ4n) is 0.961. The van der Waals surface area contributed by atoms with Crippen LogP contribution in [-0.4, -0.2) is 27.3 Å². The Morgan fingerprint density at radius 2 is 2.27 bits per heavy atom. The average molecular weight is 319 g/mol. The van der Waals surface area contributed by atoms with Gasteiger partial charge < -0.3 is 4.74 Å². The van der Waals surface area contributed by atoms with Crippen molar-refractivity contribution >= 4 is 34.3 Å². The summed E-state index contributed by atoms with van der Waals surface area (Å²) in [7, 11) is 0. The topological polar surface area (TPSA) is 56.3 Å². The van der Waals surface area contributed by atoms with E-state index in [4.69, 9.17) is 4.74 Å². The van der Waals surface area contributed by atoms with Crippen molar-refractivity contribution in [3.8, 4) is 0 Å². The van der Waals surface area contributed by atoms with Crippen LogP contribution in [0.2, 0.25) is 0 Å². The van der Waals surface area contributed by atoms with E-state index in [1.54, 1.807) is 47.7 Å². The van der Waals surface area contributed by atoms with Gasteiger partial charge in [-0.25, -0.2) is 0 Å². The first kappa shape index (κ1) is 12.1. The number of nitrogens with zero attached hydrogens (tertiary/aromatic N) is 1. The zero-order chi connectivity index (χ0) is 11.3. The number of carbonyl (C=O) groups excluding carboxylic acids is 2. The van der Waals surface area contributed by atoms with Gasteiger partial charge in [-0.3, -0.25) is 14.6 Å². The number of alkyl halides is 1. The molecular formula is C10H10INO3. The molecule has 1 atom stereocenters. The third-order valence-electron chi connectivity index (χ3n) is 1.64. The van der Waals surface area contributed by atoms with E-state index >= 15 is 0 Å². The van der Waals surface area contributed by atoms with Crippen LogP contribution < -0.4 is 0 Å². The molecule has 15 heavy (non-hydrogen) atoms. The summed E-state index contributed by atoms with van der Waals surface area (Å²) in [5, 5.41) is 0. The molecule has 0 aromatic carbocycles. The normalized spacial score (nSPS) is 11.9. The van der Waals surface area contributed by atoms with E-state index in [-0.39, 0.29) is 18.1 Å². The number of carbonyl (C=O) groups is 2. The van der Waals surface area contributed by atoms with Crippen LogP contribution in [0.5, 0.6) is 0 Å². The Bertz CT molecular complexity index is 353. The van der Waals surface area contributed by atoms with E-state index < -0.39 is 9.89 Å². The number of aromatic nitrogens is 1. The summed E-state index contributed by atoms with van der Waals surface area (Å²) in [5.74, 6) is -0.844. The van der Waals surface area contributed by atoms with Crippen molar-refractivity contribution in [1.29, 1.82) is 0 Å². The molecule has 4 nitrogen and oxygen atoms in total. The smallest absolute Gasteiger partial charge is 0.326 e. The number of ketones is 1. The lowest BCUT2D eigenvalue weighted by molar-refractivity contribution is -0.141. The van der Waals surface area contributed by atoms with Gasteiger partial charge in [-0.15, -0.1) is 0 Å². The minimum atomic E-state index is -0.822. The molecule has 80 valence electrons. The van der Waals surface area contributed by atoms with Crippen molar-refractivity contribution < 1.29 is 14.3 Å². The van der Waals surface area contributed by atoms with Crippen molar-refractivity contribution in [2.75, 3.05) is 6.61 Å². The van der Waals surface area contributed by atoms with Gasteiger partial charge in [-0.1, -0.05) is 28.7 Å². The van der Waals surface area contributed by atoms with Crippen molar-refractivity contribution in [1.82, 2.24) is 4.98 Å². The van der Waals surface area contributed by atoms with Crippen LogP contribution in [0, 0.1) is 0 Å². The van der Waals surface area contributed by atoms with E-state index in [0.29, 0.717) is 0 Å². The summed E-state index contributed by atoms with van der Waals surface area (Å²) < 4.78 is 3.93. The van der Waals surface area contributed by atoms with Gasteiger partial charge in [0.1, 0.15) is 5.69 Å². The highest BCUT2D eigenvalue weighted by Gasteiger charge is 2.26. The van der Waals surface area contributed by atoms with Gasteiger partial charge >= 0.3 is 5.97 Å². The highest BCUT2D eigenvalue weighted by molar-refractivity contribution is 14.1. The second-order valence-electron chi connectivity index (χ2n) is 2.69. The predicted octanol–water partition coefficient (Wildman–Crippen LogP) is 1.63. The number of ether oxygens (including phenoxy) is 1. The lowest BCUT2D eigenvalue weighted by atomic mass is 10.2. The summed E-state index contributed by atoms with van der Waals surface area (Å²) in [5.41, 5.74) is 0.282. The molecule has 0 aliphatic rings. The number of halogens is 1. The SMILES string of the molecule is CCOC(=O)C(I)C(=O)c1ccccn1. The van der Waals surface area contributed by atoms with Crippen LogP contribution in [0.15, 0.2) is 24.4 Å². The number of esters is 1. The third-order valence-corrected chi connectivity index (χ3v) is 2.72. The van der Waals surface area contributed by atoms with E-state index in [1.165, 1.54) is 6.20 Å². The molecule has 0 radical (unpaired) electrons. The van der Waals surface area contributed by atoms with E-state index in [2.05, 4.69) is 4.98 Å². The Kier molecular flexibility index (Phi) is 4.67. The number of pyridine rings is 1. The molecule has 0 bridgehead atoms. The molecule has 1 unspecified atom stereocenters. The fraction of sp³-hybridized carbons (Fsp3) is 0.300. The second-order valence-corrected chi connectivity index (χ2v) is 3.94. The number of Topliss-reactive ketones (excluding diaryl/α,β-unsaturated/α-hetero) is 1. The molecule has 1 aromatic heterocycles. The van der Waals surface area contributed by atoms with Crippen molar-refractivity contribution in [3.63, 3.8) is 0 Å². The summed E-state index contributed by atoms with van der Waals surface area (Å²) in [6.07, 6.45) is 1.52. The Morgan fingerprint density at radius 3 is 2.80 bits per heavy atom. The predicted molar refractivity (Wildman–Crippen MR) is 63.0 cm³/mol. The summed E-state index contributed by atoms with van der Waals surface area (Å²) in [6.45, 7) is 1.97. The molecule has 1 rings (SSSR count). The average Bonchev–Trinajstić information content (AvgIpc) is 2.28. The van der Waals surface area contributed by atoms with Gasteiger partial charge in [0, 0.05) is 6.20 Å². The second kappa shape index (κ2) is 5.79. The van der Waals surface area contributed by atoms with E-state index in [1.807, 2.05) is 0 Å². The molecule has 0 N–H and O–H groups in total. The van der Waals surface area contributed by atoms with Gasteiger partial charge in [-0.05, 0) is 19.1 Å². The number of rotatable bonds is 4. The molecule has 0 aliphatic carbocycles.